The Kier molecular flexibility index (Phi) is 2.38. The summed E-state index contributed by atoms with van der Waals surface area (Å²) in [6.45, 7) is 0. The van der Waals surface area contributed by atoms with Gasteiger partial charge in [0.25, 0.3) is 0 Å². The molecule has 1 aromatic heterocycles. The minimum absolute atomic E-state index is 0.0684. The maximum atomic E-state index is 12.4. The van der Waals surface area contributed by atoms with E-state index in [1.54, 1.807) is 0 Å². The van der Waals surface area contributed by atoms with Gasteiger partial charge in [-0.3, -0.25) is 0 Å². The van der Waals surface area contributed by atoms with Gasteiger partial charge < -0.3 is 5.73 Å². The number of anilines is 1. The van der Waals surface area contributed by atoms with E-state index in [-0.39, 0.29) is 22.0 Å². The van der Waals surface area contributed by atoms with Crippen molar-refractivity contribution in [2.24, 2.45) is 0 Å². The maximum absolute atomic E-state index is 12.4. The molecule has 2 aromatic rings. The van der Waals surface area contributed by atoms with Crippen LogP contribution in [0.4, 0.5) is 19.0 Å². The first kappa shape index (κ1) is 10.9. The zero-order chi connectivity index (χ0) is 11.9. The van der Waals surface area contributed by atoms with Crippen molar-refractivity contribution in [2.45, 2.75) is 6.18 Å². The Morgan fingerprint density at radius 3 is 2.50 bits per heavy atom. The molecule has 0 aliphatic rings. The molecule has 84 valence electrons. The summed E-state index contributed by atoms with van der Waals surface area (Å²) in [5.41, 5.74) is 4.96. The molecule has 1 heterocycles. The Morgan fingerprint density at radius 2 is 1.88 bits per heavy atom. The van der Waals surface area contributed by atoms with Crippen LogP contribution in [0.15, 0.2) is 18.2 Å². The number of nitrogen functional groups attached to an aromatic ring is 1. The second kappa shape index (κ2) is 3.48. The summed E-state index contributed by atoms with van der Waals surface area (Å²) < 4.78 is 37.3. The summed E-state index contributed by atoms with van der Waals surface area (Å²) in [5, 5.41) is 0.0454. The molecule has 3 nitrogen and oxygen atoms in total. The van der Waals surface area contributed by atoms with Crippen molar-refractivity contribution in [3.63, 3.8) is 0 Å². The van der Waals surface area contributed by atoms with Crippen molar-refractivity contribution < 1.29 is 13.2 Å². The predicted molar refractivity (Wildman–Crippen MR) is 54.0 cm³/mol. The van der Waals surface area contributed by atoms with Crippen LogP contribution in [-0.4, -0.2) is 9.97 Å². The van der Waals surface area contributed by atoms with Crippen LogP contribution in [0.1, 0.15) is 5.56 Å². The molecule has 0 amide bonds. The van der Waals surface area contributed by atoms with Crippen LogP contribution < -0.4 is 5.73 Å². The smallest absolute Gasteiger partial charge is 0.383 e. The van der Waals surface area contributed by atoms with Gasteiger partial charge in [0.1, 0.15) is 5.82 Å². The molecule has 0 aliphatic heterocycles. The zero-order valence-electron chi connectivity index (χ0n) is 7.72. The van der Waals surface area contributed by atoms with Crippen LogP contribution in [0, 0.1) is 0 Å². The highest BCUT2D eigenvalue weighted by atomic mass is 35.5. The van der Waals surface area contributed by atoms with Crippen LogP contribution >= 0.6 is 11.6 Å². The number of alkyl halides is 3. The molecular weight excluding hydrogens is 243 g/mol. The number of hydrogen-bond donors (Lipinski definition) is 1. The van der Waals surface area contributed by atoms with Gasteiger partial charge >= 0.3 is 6.18 Å². The quantitative estimate of drug-likeness (QED) is 0.728. The van der Waals surface area contributed by atoms with Gasteiger partial charge in [0.2, 0.25) is 5.28 Å². The molecule has 2 rings (SSSR count). The molecule has 0 saturated carbocycles. The van der Waals surface area contributed by atoms with Gasteiger partial charge in [0.05, 0.1) is 11.1 Å². The number of halogens is 4. The van der Waals surface area contributed by atoms with E-state index in [4.69, 9.17) is 17.3 Å². The van der Waals surface area contributed by atoms with E-state index in [1.165, 1.54) is 6.07 Å². The van der Waals surface area contributed by atoms with E-state index < -0.39 is 11.7 Å². The summed E-state index contributed by atoms with van der Waals surface area (Å²) in [4.78, 5) is 7.36. The minimum atomic E-state index is -4.42. The lowest BCUT2D eigenvalue weighted by atomic mass is 10.1. The van der Waals surface area contributed by atoms with Crippen LogP contribution in [-0.2, 0) is 6.18 Å². The average Bonchev–Trinajstić information content (AvgIpc) is 2.15. The van der Waals surface area contributed by atoms with Gasteiger partial charge in [-0.2, -0.15) is 13.2 Å². The van der Waals surface area contributed by atoms with Crippen LogP contribution in [0.25, 0.3) is 10.9 Å². The Morgan fingerprint density at radius 1 is 1.19 bits per heavy atom. The van der Waals surface area contributed by atoms with Crippen LogP contribution in [0.3, 0.4) is 0 Å². The number of rotatable bonds is 0. The van der Waals surface area contributed by atoms with Gasteiger partial charge in [0, 0.05) is 5.39 Å². The van der Waals surface area contributed by atoms with Crippen molar-refractivity contribution in [1.82, 2.24) is 9.97 Å². The third-order valence-electron chi connectivity index (χ3n) is 2.03. The fourth-order valence-corrected chi connectivity index (χ4v) is 1.48. The molecule has 0 radical (unpaired) electrons. The number of aromatic nitrogens is 2. The molecule has 0 bridgehead atoms. The van der Waals surface area contributed by atoms with Gasteiger partial charge in [-0.25, -0.2) is 9.97 Å². The number of nitrogens with zero attached hydrogens (tertiary/aromatic N) is 2. The molecule has 7 heteroatoms. The van der Waals surface area contributed by atoms with Crippen molar-refractivity contribution in [1.29, 1.82) is 0 Å². The van der Waals surface area contributed by atoms with Gasteiger partial charge in [-0.05, 0) is 29.8 Å². The number of nitrogens with two attached hydrogens (primary N) is 1. The fourth-order valence-electron chi connectivity index (χ4n) is 1.30. The van der Waals surface area contributed by atoms with E-state index in [2.05, 4.69) is 9.97 Å². The highest BCUT2D eigenvalue weighted by Gasteiger charge is 2.30. The lowest BCUT2D eigenvalue weighted by molar-refractivity contribution is -0.137. The summed E-state index contributed by atoms with van der Waals surface area (Å²) >= 11 is 5.53. The Bertz CT molecular complexity index is 553. The fraction of sp³-hybridized carbons (Fsp3) is 0.111. The first-order valence-electron chi connectivity index (χ1n) is 4.18. The van der Waals surface area contributed by atoms with Crippen molar-refractivity contribution in [3.05, 3.63) is 29.0 Å². The van der Waals surface area contributed by atoms with Crippen molar-refractivity contribution >= 4 is 28.3 Å². The molecule has 0 aliphatic carbocycles. The number of fused-ring (bicyclic) bond motifs is 1. The topological polar surface area (TPSA) is 51.8 Å². The largest absolute Gasteiger partial charge is 0.416 e. The molecule has 0 fully saturated rings. The first-order chi connectivity index (χ1) is 7.38. The van der Waals surface area contributed by atoms with E-state index in [0.717, 1.165) is 12.1 Å². The standard InChI is InChI=1S/C9H5ClF3N3/c10-8-15-6-2-1-4(9(11,12)13)3-5(6)7(14)16-8/h1-3H,(H2,14,15,16). The predicted octanol–water partition coefficient (Wildman–Crippen LogP) is 2.88. The van der Waals surface area contributed by atoms with Crippen molar-refractivity contribution in [3.8, 4) is 0 Å². The summed E-state index contributed by atoms with van der Waals surface area (Å²) in [5.74, 6) is -0.0684. The van der Waals surface area contributed by atoms with E-state index in [1.807, 2.05) is 0 Å². The van der Waals surface area contributed by atoms with Gasteiger partial charge in [0.15, 0.2) is 0 Å². The summed E-state index contributed by atoms with van der Waals surface area (Å²) in [7, 11) is 0. The third-order valence-corrected chi connectivity index (χ3v) is 2.19. The molecule has 0 saturated heterocycles. The lowest BCUT2D eigenvalue weighted by Gasteiger charge is -2.08. The zero-order valence-corrected chi connectivity index (χ0v) is 8.47. The molecule has 16 heavy (non-hydrogen) atoms. The molecule has 0 spiro atoms. The number of benzene rings is 1. The lowest BCUT2D eigenvalue weighted by Crippen LogP contribution is -2.05. The molecule has 2 N–H and O–H groups in total. The average molecular weight is 248 g/mol. The molecule has 0 unspecified atom stereocenters. The van der Waals surface area contributed by atoms with Gasteiger partial charge in [-0.1, -0.05) is 0 Å². The highest BCUT2D eigenvalue weighted by molar-refractivity contribution is 6.28. The highest BCUT2D eigenvalue weighted by Crippen LogP contribution is 2.32. The Hall–Kier alpha value is -1.56. The van der Waals surface area contributed by atoms with E-state index in [0.29, 0.717) is 0 Å². The molecule has 0 atom stereocenters. The third kappa shape index (κ3) is 1.88. The first-order valence-corrected chi connectivity index (χ1v) is 4.56. The Labute approximate surface area is 93.1 Å². The summed E-state index contributed by atoms with van der Waals surface area (Å²) in [6.07, 6.45) is -4.42. The van der Waals surface area contributed by atoms with E-state index >= 15 is 0 Å². The van der Waals surface area contributed by atoms with E-state index in [9.17, 15) is 13.2 Å². The van der Waals surface area contributed by atoms with Crippen molar-refractivity contribution in [2.75, 3.05) is 5.73 Å². The number of hydrogen-bond acceptors (Lipinski definition) is 3. The second-order valence-corrected chi connectivity index (χ2v) is 3.45. The Balaban J connectivity index is 2.72. The SMILES string of the molecule is Nc1nc(Cl)nc2ccc(C(F)(F)F)cc12. The monoisotopic (exact) mass is 247 g/mol. The van der Waals surface area contributed by atoms with Gasteiger partial charge in [-0.15, -0.1) is 0 Å². The summed E-state index contributed by atoms with van der Waals surface area (Å²) in [6, 6.07) is 3.04. The minimum Gasteiger partial charge on any atom is -0.383 e. The second-order valence-electron chi connectivity index (χ2n) is 3.11. The normalized spacial score (nSPS) is 12.0. The molecule has 1 aromatic carbocycles. The molecular formula is C9H5ClF3N3. The van der Waals surface area contributed by atoms with Crippen LogP contribution in [0.5, 0.6) is 0 Å². The maximum Gasteiger partial charge on any atom is 0.416 e. The van der Waals surface area contributed by atoms with Crippen LogP contribution in [0.2, 0.25) is 5.28 Å².